The summed E-state index contributed by atoms with van der Waals surface area (Å²) in [6.07, 6.45) is 3.88. The first kappa shape index (κ1) is 10.0. The van der Waals surface area contributed by atoms with Gasteiger partial charge in [0, 0.05) is 7.11 Å². The molecule has 0 spiro atoms. The van der Waals surface area contributed by atoms with Gasteiger partial charge in [-0.05, 0) is 31.1 Å². The van der Waals surface area contributed by atoms with Crippen molar-refractivity contribution in [2.24, 2.45) is 11.3 Å². The summed E-state index contributed by atoms with van der Waals surface area (Å²) in [6.45, 7) is 9.22. The van der Waals surface area contributed by atoms with Gasteiger partial charge in [0.15, 0.2) is 0 Å². The van der Waals surface area contributed by atoms with Gasteiger partial charge in [-0.3, -0.25) is 0 Å². The molecule has 0 aromatic carbocycles. The molecule has 2 atom stereocenters. The molecule has 1 aliphatic rings. The first-order chi connectivity index (χ1) is 5.40. The first-order valence-electron chi connectivity index (χ1n) is 4.95. The van der Waals surface area contributed by atoms with Gasteiger partial charge in [0.2, 0.25) is 0 Å². The Labute approximate surface area is 76.5 Å². The van der Waals surface area contributed by atoms with Crippen molar-refractivity contribution in [2.45, 2.75) is 52.6 Å². The van der Waals surface area contributed by atoms with E-state index >= 15 is 0 Å². The molecule has 1 rings (SSSR count). The van der Waals surface area contributed by atoms with Crippen molar-refractivity contribution in [1.29, 1.82) is 0 Å². The largest absolute Gasteiger partial charge is 0.378 e. The lowest BCUT2D eigenvalue weighted by Crippen LogP contribution is -2.39. The summed E-state index contributed by atoms with van der Waals surface area (Å²) >= 11 is 0. The lowest BCUT2D eigenvalue weighted by Gasteiger charge is -2.39. The van der Waals surface area contributed by atoms with Crippen LogP contribution in [0.1, 0.15) is 47.0 Å². The number of rotatable bonds is 1. The number of ether oxygens (including phenoxy) is 1. The molecular weight excluding hydrogens is 148 g/mol. The zero-order valence-electron chi connectivity index (χ0n) is 9.11. The zero-order valence-corrected chi connectivity index (χ0v) is 9.11. The minimum Gasteiger partial charge on any atom is -0.378 e. The molecule has 0 radical (unpaired) electrons. The Bertz CT molecular complexity index is 157. The van der Waals surface area contributed by atoms with Crippen LogP contribution in [0.4, 0.5) is 0 Å². The van der Waals surface area contributed by atoms with Gasteiger partial charge in [-0.25, -0.2) is 0 Å². The quantitative estimate of drug-likeness (QED) is 0.587. The van der Waals surface area contributed by atoms with Gasteiger partial charge in [0.05, 0.1) is 5.60 Å². The monoisotopic (exact) mass is 170 g/mol. The van der Waals surface area contributed by atoms with E-state index < -0.39 is 0 Å². The van der Waals surface area contributed by atoms with E-state index in [4.69, 9.17) is 4.74 Å². The Morgan fingerprint density at radius 1 is 1.33 bits per heavy atom. The molecule has 2 unspecified atom stereocenters. The molecule has 1 nitrogen and oxygen atoms in total. The lowest BCUT2D eigenvalue weighted by molar-refractivity contribution is -0.0597. The fourth-order valence-electron chi connectivity index (χ4n) is 2.73. The van der Waals surface area contributed by atoms with Crippen LogP contribution in [-0.2, 0) is 4.74 Å². The maximum Gasteiger partial charge on any atom is 0.0683 e. The molecule has 1 aliphatic carbocycles. The summed E-state index contributed by atoms with van der Waals surface area (Å²) in [5, 5.41) is 0. The third kappa shape index (κ3) is 1.66. The second kappa shape index (κ2) is 3.02. The van der Waals surface area contributed by atoms with E-state index in [0.29, 0.717) is 5.41 Å². The van der Waals surface area contributed by atoms with Crippen LogP contribution in [-0.4, -0.2) is 12.7 Å². The second-order valence-electron chi connectivity index (χ2n) is 5.33. The molecular formula is C11H22O. The molecule has 0 saturated heterocycles. The van der Waals surface area contributed by atoms with E-state index in [9.17, 15) is 0 Å². The smallest absolute Gasteiger partial charge is 0.0683 e. The Morgan fingerprint density at radius 3 is 2.25 bits per heavy atom. The molecule has 0 aliphatic heterocycles. The number of hydrogen-bond donors (Lipinski definition) is 0. The summed E-state index contributed by atoms with van der Waals surface area (Å²) in [7, 11) is 1.85. The Kier molecular flexibility index (Phi) is 2.53. The van der Waals surface area contributed by atoms with Crippen molar-refractivity contribution >= 4 is 0 Å². The van der Waals surface area contributed by atoms with E-state index in [-0.39, 0.29) is 5.60 Å². The van der Waals surface area contributed by atoms with Crippen LogP contribution in [0.25, 0.3) is 0 Å². The van der Waals surface area contributed by atoms with Crippen molar-refractivity contribution < 1.29 is 4.74 Å². The number of methoxy groups -OCH3 is 1. The van der Waals surface area contributed by atoms with E-state index in [1.165, 1.54) is 19.3 Å². The van der Waals surface area contributed by atoms with Crippen LogP contribution in [0.15, 0.2) is 0 Å². The zero-order chi connectivity index (χ0) is 9.41. The topological polar surface area (TPSA) is 9.23 Å². The predicted molar refractivity (Wildman–Crippen MR) is 52.2 cm³/mol. The maximum atomic E-state index is 5.64. The number of hydrogen-bond acceptors (Lipinski definition) is 1. The highest BCUT2D eigenvalue weighted by Crippen LogP contribution is 2.47. The molecule has 1 fully saturated rings. The van der Waals surface area contributed by atoms with Crippen molar-refractivity contribution in [3.8, 4) is 0 Å². The summed E-state index contributed by atoms with van der Waals surface area (Å²) < 4.78 is 5.64. The molecule has 72 valence electrons. The maximum absolute atomic E-state index is 5.64. The van der Waals surface area contributed by atoms with Crippen molar-refractivity contribution in [2.75, 3.05) is 7.11 Å². The Hall–Kier alpha value is -0.0400. The van der Waals surface area contributed by atoms with Crippen LogP contribution in [0, 0.1) is 11.3 Å². The molecule has 1 saturated carbocycles. The molecule has 0 N–H and O–H groups in total. The van der Waals surface area contributed by atoms with Crippen LogP contribution < -0.4 is 0 Å². The summed E-state index contributed by atoms with van der Waals surface area (Å²) in [5.41, 5.74) is 0.527. The summed E-state index contributed by atoms with van der Waals surface area (Å²) in [5.74, 6) is 0.718. The molecule has 0 heterocycles. The molecule has 12 heavy (non-hydrogen) atoms. The Morgan fingerprint density at radius 2 is 1.92 bits per heavy atom. The van der Waals surface area contributed by atoms with Crippen molar-refractivity contribution in [1.82, 2.24) is 0 Å². The third-order valence-corrected chi connectivity index (χ3v) is 3.41. The van der Waals surface area contributed by atoms with Crippen molar-refractivity contribution in [3.63, 3.8) is 0 Å². The van der Waals surface area contributed by atoms with Crippen LogP contribution in [0.2, 0.25) is 0 Å². The Balaban J connectivity index is 2.77. The average Bonchev–Trinajstić information content (AvgIpc) is 2.31. The van der Waals surface area contributed by atoms with E-state index in [2.05, 4.69) is 27.7 Å². The predicted octanol–water partition coefficient (Wildman–Crippen LogP) is 3.24. The molecule has 0 bridgehead atoms. The van der Waals surface area contributed by atoms with Gasteiger partial charge in [-0.15, -0.1) is 0 Å². The average molecular weight is 170 g/mol. The molecule has 0 amide bonds. The standard InChI is InChI=1S/C11H22O/c1-10(2,3)9-7-6-8-11(9,4)12-5/h9H,6-8H2,1-5H3. The SMILES string of the molecule is COC1(C)CCCC1C(C)(C)C. The molecule has 0 aromatic rings. The summed E-state index contributed by atoms with van der Waals surface area (Å²) in [6, 6.07) is 0. The van der Waals surface area contributed by atoms with Crippen LogP contribution >= 0.6 is 0 Å². The highest BCUT2D eigenvalue weighted by Gasteiger charge is 2.44. The lowest BCUT2D eigenvalue weighted by atomic mass is 9.73. The van der Waals surface area contributed by atoms with Gasteiger partial charge in [0.25, 0.3) is 0 Å². The minimum atomic E-state index is 0.137. The normalized spacial score (nSPS) is 37.2. The third-order valence-electron chi connectivity index (χ3n) is 3.41. The fourth-order valence-corrected chi connectivity index (χ4v) is 2.73. The van der Waals surface area contributed by atoms with E-state index in [1.54, 1.807) is 0 Å². The molecule has 0 aromatic heterocycles. The van der Waals surface area contributed by atoms with Gasteiger partial charge in [0.1, 0.15) is 0 Å². The van der Waals surface area contributed by atoms with Gasteiger partial charge >= 0.3 is 0 Å². The van der Waals surface area contributed by atoms with Crippen LogP contribution in [0.5, 0.6) is 0 Å². The highest BCUT2D eigenvalue weighted by atomic mass is 16.5. The van der Waals surface area contributed by atoms with Gasteiger partial charge in [-0.2, -0.15) is 0 Å². The second-order valence-corrected chi connectivity index (χ2v) is 5.33. The fraction of sp³-hybridized carbons (Fsp3) is 1.00. The van der Waals surface area contributed by atoms with Gasteiger partial charge in [-0.1, -0.05) is 27.2 Å². The van der Waals surface area contributed by atoms with E-state index in [0.717, 1.165) is 5.92 Å². The van der Waals surface area contributed by atoms with Crippen LogP contribution in [0.3, 0.4) is 0 Å². The summed E-state index contributed by atoms with van der Waals surface area (Å²) in [4.78, 5) is 0. The van der Waals surface area contributed by atoms with Crippen molar-refractivity contribution in [3.05, 3.63) is 0 Å². The highest BCUT2D eigenvalue weighted by molar-refractivity contribution is 4.95. The molecule has 1 heteroatoms. The van der Waals surface area contributed by atoms with Gasteiger partial charge < -0.3 is 4.74 Å². The minimum absolute atomic E-state index is 0.137. The van der Waals surface area contributed by atoms with E-state index in [1.807, 2.05) is 7.11 Å². The first-order valence-corrected chi connectivity index (χ1v) is 4.95.